The van der Waals surface area contributed by atoms with Gasteiger partial charge in [0, 0.05) is 18.8 Å². The molecular formula is C25H24N4O2. The summed E-state index contributed by atoms with van der Waals surface area (Å²) in [6.45, 7) is 4.20. The molecule has 2 aromatic heterocycles. The first kappa shape index (κ1) is 20.3. The summed E-state index contributed by atoms with van der Waals surface area (Å²) in [7, 11) is 3.46. The number of nitrogens with one attached hydrogen (secondary N) is 1. The Morgan fingerprint density at radius 3 is 2.68 bits per heavy atom. The largest absolute Gasteiger partial charge is 0.497 e. The predicted octanol–water partition coefficient (Wildman–Crippen LogP) is 5.39. The fourth-order valence-corrected chi connectivity index (χ4v) is 3.31. The number of aryl methyl sites for hydroxylation is 2. The number of anilines is 1. The molecule has 0 amide bonds. The first-order chi connectivity index (χ1) is 15.1. The molecule has 6 heteroatoms. The van der Waals surface area contributed by atoms with Crippen molar-refractivity contribution >= 4 is 17.5 Å². The second kappa shape index (κ2) is 8.83. The molecule has 0 aliphatic rings. The molecule has 0 saturated carbocycles. The maximum Gasteiger partial charge on any atom is 0.258 e. The third-order valence-corrected chi connectivity index (χ3v) is 5.16. The van der Waals surface area contributed by atoms with Crippen molar-refractivity contribution in [1.29, 1.82) is 0 Å². The molecule has 4 rings (SSSR count). The Morgan fingerprint density at radius 2 is 1.90 bits per heavy atom. The van der Waals surface area contributed by atoms with Gasteiger partial charge in [-0.05, 0) is 66.4 Å². The number of pyridine rings is 1. The number of nitrogens with zero attached hydrogens (tertiary/aromatic N) is 3. The van der Waals surface area contributed by atoms with E-state index < -0.39 is 0 Å². The lowest BCUT2D eigenvalue weighted by Crippen LogP contribution is -1.96. The molecule has 0 aliphatic heterocycles. The van der Waals surface area contributed by atoms with Gasteiger partial charge in [0.25, 0.3) is 5.89 Å². The van der Waals surface area contributed by atoms with Crippen LogP contribution in [0.2, 0.25) is 0 Å². The van der Waals surface area contributed by atoms with Crippen molar-refractivity contribution in [2.45, 2.75) is 13.8 Å². The monoisotopic (exact) mass is 412 g/mol. The summed E-state index contributed by atoms with van der Waals surface area (Å²) in [6.07, 6.45) is 3.78. The average Bonchev–Trinajstić information content (AvgIpc) is 3.29. The molecule has 0 atom stereocenters. The number of benzene rings is 2. The van der Waals surface area contributed by atoms with Crippen LogP contribution in [0.4, 0.5) is 5.82 Å². The normalized spacial score (nSPS) is 11.4. The van der Waals surface area contributed by atoms with Crippen LogP contribution < -0.4 is 10.1 Å². The van der Waals surface area contributed by atoms with E-state index in [9.17, 15) is 0 Å². The van der Waals surface area contributed by atoms with E-state index in [1.807, 2.05) is 43.4 Å². The first-order valence-electron chi connectivity index (χ1n) is 9.99. The fourth-order valence-electron chi connectivity index (χ4n) is 3.31. The van der Waals surface area contributed by atoms with Gasteiger partial charge in [0.15, 0.2) is 0 Å². The first-order valence-corrected chi connectivity index (χ1v) is 9.99. The zero-order chi connectivity index (χ0) is 21.8. The van der Waals surface area contributed by atoms with Crippen LogP contribution >= 0.6 is 0 Å². The molecule has 31 heavy (non-hydrogen) atoms. The summed E-state index contributed by atoms with van der Waals surface area (Å²) in [5.41, 5.74) is 6.04. The van der Waals surface area contributed by atoms with E-state index in [-0.39, 0.29) is 0 Å². The average molecular weight is 412 g/mol. The van der Waals surface area contributed by atoms with Crippen molar-refractivity contribution in [1.82, 2.24) is 15.1 Å². The smallest absolute Gasteiger partial charge is 0.258 e. The van der Waals surface area contributed by atoms with E-state index in [1.165, 1.54) is 11.1 Å². The van der Waals surface area contributed by atoms with Crippen LogP contribution in [0.5, 0.6) is 5.75 Å². The van der Waals surface area contributed by atoms with Crippen molar-refractivity contribution < 1.29 is 9.26 Å². The minimum absolute atomic E-state index is 0.424. The van der Waals surface area contributed by atoms with E-state index in [0.29, 0.717) is 17.5 Å². The van der Waals surface area contributed by atoms with Crippen LogP contribution in [0.1, 0.15) is 28.1 Å². The highest BCUT2D eigenvalue weighted by molar-refractivity contribution is 5.89. The Bertz CT molecular complexity index is 1240. The maximum atomic E-state index is 5.71. The lowest BCUT2D eigenvalue weighted by molar-refractivity contribution is 0.408. The third-order valence-electron chi connectivity index (χ3n) is 5.16. The minimum Gasteiger partial charge on any atom is -0.497 e. The Balaban J connectivity index is 1.84. The van der Waals surface area contributed by atoms with Crippen molar-refractivity contribution in [2.75, 3.05) is 19.5 Å². The van der Waals surface area contributed by atoms with E-state index in [0.717, 1.165) is 28.0 Å². The second-order valence-corrected chi connectivity index (χ2v) is 7.21. The van der Waals surface area contributed by atoms with Gasteiger partial charge in [0.1, 0.15) is 11.6 Å². The third kappa shape index (κ3) is 4.33. The molecule has 0 unspecified atom stereocenters. The number of methoxy groups -OCH3 is 1. The molecular weight excluding hydrogens is 388 g/mol. The lowest BCUT2D eigenvalue weighted by Gasteiger charge is -2.07. The van der Waals surface area contributed by atoms with Gasteiger partial charge < -0.3 is 14.6 Å². The summed E-state index contributed by atoms with van der Waals surface area (Å²) in [6, 6.07) is 17.9. The van der Waals surface area contributed by atoms with Gasteiger partial charge in [-0.1, -0.05) is 35.5 Å². The highest BCUT2D eigenvalue weighted by Crippen LogP contribution is 2.30. The van der Waals surface area contributed by atoms with Crippen LogP contribution in [0.3, 0.4) is 0 Å². The molecule has 0 spiro atoms. The Labute approximate surface area is 181 Å². The predicted molar refractivity (Wildman–Crippen MR) is 123 cm³/mol. The standard InChI is InChI=1S/C25H24N4O2/c1-16-10-11-18(13-17(16)2)14-22(19-7-5-8-20(15-19)30-4)25-28-24(29-31-25)21-9-6-12-27-23(21)26-3/h5-15H,1-4H3,(H,26,27)/b22-14+. The quantitative estimate of drug-likeness (QED) is 0.428. The van der Waals surface area contributed by atoms with Gasteiger partial charge >= 0.3 is 0 Å². The van der Waals surface area contributed by atoms with Crippen molar-refractivity contribution in [3.05, 3.63) is 88.9 Å². The molecule has 1 N–H and O–H groups in total. The molecule has 0 saturated heterocycles. The lowest BCUT2D eigenvalue weighted by atomic mass is 10.00. The van der Waals surface area contributed by atoms with Crippen LogP contribution in [0, 0.1) is 13.8 Å². The van der Waals surface area contributed by atoms with E-state index in [1.54, 1.807) is 13.3 Å². The molecule has 4 aromatic rings. The van der Waals surface area contributed by atoms with Gasteiger partial charge in [-0.15, -0.1) is 0 Å². The van der Waals surface area contributed by atoms with E-state index >= 15 is 0 Å². The summed E-state index contributed by atoms with van der Waals surface area (Å²) in [4.78, 5) is 9.02. The minimum atomic E-state index is 0.424. The van der Waals surface area contributed by atoms with Crippen LogP contribution in [0.25, 0.3) is 23.0 Å². The van der Waals surface area contributed by atoms with Gasteiger partial charge in [0.2, 0.25) is 5.82 Å². The molecule has 2 heterocycles. The molecule has 0 radical (unpaired) electrons. The van der Waals surface area contributed by atoms with Gasteiger partial charge in [-0.25, -0.2) is 4.98 Å². The molecule has 2 aromatic carbocycles. The number of hydrogen-bond acceptors (Lipinski definition) is 6. The highest BCUT2D eigenvalue weighted by atomic mass is 16.5. The van der Waals surface area contributed by atoms with Crippen LogP contribution in [-0.4, -0.2) is 29.3 Å². The SMILES string of the molecule is CNc1ncccc1-c1noc(/C(=C/c2ccc(C)c(C)c2)c2cccc(OC)c2)n1. The Hall–Kier alpha value is -3.93. The van der Waals surface area contributed by atoms with Gasteiger partial charge in [-0.2, -0.15) is 4.98 Å². The van der Waals surface area contributed by atoms with Crippen molar-refractivity contribution in [3.8, 4) is 17.1 Å². The van der Waals surface area contributed by atoms with Gasteiger partial charge in [0.05, 0.1) is 12.7 Å². The Morgan fingerprint density at radius 1 is 1.03 bits per heavy atom. The van der Waals surface area contributed by atoms with Crippen LogP contribution in [-0.2, 0) is 0 Å². The Kier molecular flexibility index (Phi) is 5.80. The topological polar surface area (TPSA) is 73.1 Å². The molecule has 156 valence electrons. The maximum absolute atomic E-state index is 5.71. The van der Waals surface area contributed by atoms with E-state index in [4.69, 9.17) is 14.2 Å². The summed E-state index contributed by atoms with van der Waals surface area (Å²) in [5.74, 6) is 2.34. The zero-order valence-electron chi connectivity index (χ0n) is 18.0. The summed E-state index contributed by atoms with van der Waals surface area (Å²) in [5, 5.41) is 7.29. The molecule has 0 aliphatic carbocycles. The number of hydrogen-bond donors (Lipinski definition) is 1. The van der Waals surface area contributed by atoms with E-state index in [2.05, 4.69) is 53.6 Å². The summed E-state index contributed by atoms with van der Waals surface area (Å²) < 4.78 is 11.1. The van der Waals surface area contributed by atoms with Crippen molar-refractivity contribution in [3.63, 3.8) is 0 Å². The van der Waals surface area contributed by atoms with Crippen LogP contribution in [0.15, 0.2) is 65.3 Å². The highest BCUT2D eigenvalue weighted by Gasteiger charge is 2.18. The second-order valence-electron chi connectivity index (χ2n) is 7.21. The molecule has 0 fully saturated rings. The van der Waals surface area contributed by atoms with Gasteiger partial charge in [-0.3, -0.25) is 0 Å². The van der Waals surface area contributed by atoms with Crippen molar-refractivity contribution in [2.24, 2.45) is 0 Å². The fraction of sp³-hybridized carbons (Fsp3) is 0.160. The number of aromatic nitrogens is 3. The number of ether oxygens (including phenoxy) is 1. The summed E-state index contributed by atoms with van der Waals surface area (Å²) >= 11 is 0. The zero-order valence-corrected chi connectivity index (χ0v) is 18.0. The number of rotatable bonds is 6. The molecule has 0 bridgehead atoms. The molecule has 6 nitrogen and oxygen atoms in total.